The summed E-state index contributed by atoms with van der Waals surface area (Å²) in [6, 6.07) is 2.08. The van der Waals surface area contributed by atoms with Crippen LogP contribution in [0.5, 0.6) is 0 Å². The van der Waals surface area contributed by atoms with Crippen LogP contribution in [0.15, 0.2) is 17.1 Å². The number of rotatable bonds is 2. The maximum Gasteiger partial charge on any atom is 0.253 e. The van der Waals surface area contributed by atoms with E-state index >= 15 is 0 Å². The molecule has 0 spiro atoms. The van der Waals surface area contributed by atoms with Crippen LogP contribution in [0.25, 0.3) is 0 Å². The van der Waals surface area contributed by atoms with Gasteiger partial charge >= 0.3 is 0 Å². The Labute approximate surface area is 78.2 Å². The summed E-state index contributed by atoms with van der Waals surface area (Å²) in [6.07, 6.45) is 5.34. The highest BCUT2D eigenvalue weighted by Gasteiger charge is 2.26. The van der Waals surface area contributed by atoms with Crippen LogP contribution in [-0.2, 0) is 13.5 Å². The van der Waals surface area contributed by atoms with Gasteiger partial charge in [0.1, 0.15) is 0 Å². The second kappa shape index (κ2) is 3.02. The van der Waals surface area contributed by atoms with Crippen molar-refractivity contribution < 1.29 is 0 Å². The van der Waals surface area contributed by atoms with E-state index in [-0.39, 0.29) is 5.56 Å². The molecule has 1 aromatic rings. The molecular weight excluding hydrogens is 162 g/mol. The van der Waals surface area contributed by atoms with Gasteiger partial charge in [0.2, 0.25) is 0 Å². The first-order chi connectivity index (χ1) is 6.22. The molecule has 1 saturated carbocycles. The molecule has 1 aromatic heterocycles. The highest BCUT2D eigenvalue weighted by molar-refractivity contribution is 5.25. The maximum atomic E-state index is 11.7. The van der Waals surface area contributed by atoms with Gasteiger partial charge < -0.3 is 4.57 Å². The molecule has 0 amide bonds. The maximum absolute atomic E-state index is 11.7. The Bertz CT molecular complexity index is 374. The van der Waals surface area contributed by atoms with E-state index < -0.39 is 0 Å². The Balaban J connectivity index is 2.52. The highest BCUT2D eigenvalue weighted by Crippen LogP contribution is 2.38. The molecule has 0 atom stereocenters. The number of hydrogen-bond donors (Lipinski definition) is 0. The van der Waals surface area contributed by atoms with Gasteiger partial charge in [0.05, 0.1) is 0 Å². The Kier molecular flexibility index (Phi) is 1.98. The third-order valence-corrected chi connectivity index (χ3v) is 2.69. The molecule has 0 unspecified atom stereocenters. The van der Waals surface area contributed by atoms with Crippen molar-refractivity contribution in [3.05, 3.63) is 33.7 Å². The Morgan fingerprint density at radius 2 is 2.23 bits per heavy atom. The molecule has 1 aliphatic rings. The van der Waals surface area contributed by atoms with Crippen LogP contribution in [0.3, 0.4) is 0 Å². The van der Waals surface area contributed by atoms with E-state index in [1.165, 1.54) is 18.4 Å². The predicted octanol–water partition coefficient (Wildman–Crippen LogP) is 1.83. The van der Waals surface area contributed by atoms with Gasteiger partial charge in [-0.3, -0.25) is 4.79 Å². The van der Waals surface area contributed by atoms with Crippen LogP contribution >= 0.6 is 0 Å². The van der Waals surface area contributed by atoms with Crippen LogP contribution in [0, 0.1) is 0 Å². The standard InChI is InChI=1S/C11H15NO/c1-3-8-6-10(9-4-5-9)11(13)12(2)7-8/h6-7,9H,3-5H2,1-2H3. The summed E-state index contributed by atoms with van der Waals surface area (Å²) >= 11 is 0. The van der Waals surface area contributed by atoms with Crippen LogP contribution < -0.4 is 5.56 Å². The average molecular weight is 177 g/mol. The largest absolute Gasteiger partial charge is 0.318 e. The minimum atomic E-state index is 0.194. The zero-order valence-corrected chi connectivity index (χ0v) is 8.21. The lowest BCUT2D eigenvalue weighted by Crippen LogP contribution is -2.20. The lowest BCUT2D eigenvalue weighted by Gasteiger charge is -2.05. The number of aryl methyl sites for hydroxylation is 2. The highest BCUT2D eigenvalue weighted by atomic mass is 16.1. The van der Waals surface area contributed by atoms with E-state index in [0.29, 0.717) is 5.92 Å². The molecule has 2 rings (SSSR count). The SMILES string of the molecule is CCc1cc(C2CC2)c(=O)n(C)c1. The Morgan fingerprint density at radius 1 is 1.54 bits per heavy atom. The molecular formula is C11H15NO. The quantitative estimate of drug-likeness (QED) is 0.675. The third kappa shape index (κ3) is 1.53. The van der Waals surface area contributed by atoms with Gasteiger partial charge in [-0.2, -0.15) is 0 Å². The van der Waals surface area contributed by atoms with E-state index in [1.54, 1.807) is 4.57 Å². The number of nitrogens with zero attached hydrogens (tertiary/aromatic N) is 1. The lowest BCUT2D eigenvalue weighted by atomic mass is 10.1. The summed E-state index contributed by atoms with van der Waals surface area (Å²) in [5.41, 5.74) is 2.49. The number of aromatic nitrogens is 1. The zero-order chi connectivity index (χ0) is 9.42. The molecule has 1 fully saturated rings. The molecule has 1 heterocycles. The number of hydrogen-bond acceptors (Lipinski definition) is 1. The van der Waals surface area contributed by atoms with Crippen molar-refractivity contribution in [1.29, 1.82) is 0 Å². The molecule has 0 aliphatic heterocycles. The van der Waals surface area contributed by atoms with Gasteiger partial charge in [-0.25, -0.2) is 0 Å². The van der Waals surface area contributed by atoms with E-state index in [1.807, 2.05) is 13.2 Å². The van der Waals surface area contributed by atoms with Crippen molar-refractivity contribution >= 4 is 0 Å². The van der Waals surface area contributed by atoms with Crippen molar-refractivity contribution in [2.45, 2.75) is 32.1 Å². The fraction of sp³-hybridized carbons (Fsp3) is 0.545. The molecule has 0 N–H and O–H groups in total. The third-order valence-electron chi connectivity index (χ3n) is 2.69. The van der Waals surface area contributed by atoms with Crippen molar-refractivity contribution in [2.75, 3.05) is 0 Å². The molecule has 1 aliphatic carbocycles. The number of pyridine rings is 1. The van der Waals surface area contributed by atoms with Crippen LogP contribution in [0.1, 0.15) is 36.8 Å². The average Bonchev–Trinajstić information content (AvgIpc) is 2.92. The Hall–Kier alpha value is -1.05. The summed E-state index contributed by atoms with van der Waals surface area (Å²) in [6.45, 7) is 2.12. The molecule has 0 radical (unpaired) electrons. The van der Waals surface area contributed by atoms with Gasteiger partial charge in [0, 0.05) is 18.8 Å². The van der Waals surface area contributed by atoms with E-state index in [9.17, 15) is 4.79 Å². The smallest absolute Gasteiger partial charge is 0.253 e. The first kappa shape index (κ1) is 8.54. The van der Waals surface area contributed by atoms with Gasteiger partial charge in [-0.05, 0) is 36.8 Å². The van der Waals surface area contributed by atoms with Gasteiger partial charge in [0.15, 0.2) is 0 Å². The topological polar surface area (TPSA) is 22.0 Å². The molecule has 0 aromatic carbocycles. The normalized spacial score (nSPS) is 16.2. The van der Waals surface area contributed by atoms with Crippen molar-refractivity contribution in [3.8, 4) is 0 Å². The predicted molar refractivity (Wildman–Crippen MR) is 53.0 cm³/mol. The summed E-state index contributed by atoms with van der Waals surface area (Å²) in [5.74, 6) is 0.560. The van der Waals surface area contributed by atoms with E-state index in [4.69, 9.17) is 0 Å². The molecule has 2 nitrogen and oxygen atoms in total. The second-order valence-electron chi connectivity index (χ2n) is 3.85. The fourth-order valence-corrected chi connectivity index (χ4v) is 1.69. The minimum Gasteiger partial charge on any atom is -0.318 e. The van der Waals surface area contributed by atoms with Crippen molar-refractivity contribution in [3.63, 3.8) is 0 Å². The Morgan fingerprint density at radius 3 is 2.77 bits per heavy atom. The first-order valence-corrected chi connectivity index (χ1v) is 4.92. The van der Waals surface area contributed by atoms with Gasteiger partial charge in [-0.15, -0.1) is 0 Å². The molecule has 70 valence electrons. The fourth-order valence-electron chi connectivity index (χ4n) is 1.69. The second-order valence-corrected chi connectivity index (χ2v) is 3.85. The lowest BCUT2D eigenvalue weighted by molar-refractivity contribution is 0.815. The summed E-state index contributed by atoms with van der Waals surface area (Å²) in [4.78, 5) is 11.7. The van der Waals surface area contributed by atoms with E-state index in [2.05, 4.69) is 13.0 Å². The summed E-state index contributed by atoms with van der Waals surface area (Å²) < 4.78 is 1.71. The summed E-state index contributed by atoms with van der Waals surface area (Å²) in [5, 5.41) is 0. The molecule has 2 heteroatoms. The van der Waals surface area contributed by atoms with Gasteiger partial charge in [-0.1, -0.05) is 6.92 Å². The van der Waals surface area contributed by atoms with Crippen molar-refractivity contribution in [2.24, 2.45) is 7.05 Å². The zero-order valence-electron chi connectivity index (χ0n) is 8.21. The first-order valence-electron chi connectivity index (χ1n) is 4.92. The minimum absolute atomic E-state index is 0.194. The van der Waals surface area contributed by atoms with Crippen molar-refractivity contribution in [1.82, 2.24) is 4.57 Å². The molecule has 0 saturated heterocycles. The summed E-state index contributed by atoms with van der Waals surface area (Å²) in [7, 11) is 1.84. The van der Waals surface area contributed by atoms with Crippen LogP contribution in [-0.4, -0.2) is 4.57 Å². The van der Waals surface area contributed by atoms with Crippen LogP contribution in [0.2, 0.25) is 0 Å². The van der Waals surface area contributed by atoms with E-state index in [0.717, 1.165) is 12.0 Å². The molecule has 13 heavy (non-hydrogen) atoms. The monoisotopic (exact) mass is 177 g/mol. The molecule has 0 bridgehead atoms. The van der Waals surface area contributed by atoms with Gasteiger partial charge in [0.25, 0.3) is 5.56 Å². The van der Waals surface area contributed by atoms with Crippen LogP contribution in [0.4, 0.5) is 0 Å².